The van der Waals surface area contributed by atoms with Crippen molar-refractivity contribution in [2.24, 2.45) is 4.99 Å². The van der Waals surface area contributed by atoms with E-state index in [0.717, 1.165) is 6.07 Å². The van der Waals surface area contributed by atoms with Crippen LogP contribution >= 0.6 is 11.6 Å². The quantitative estimate of drug-likeness (QED) is 0.451. The molecule has 3 rings (SSSR count). The van der Waals surface area contributed by atoms with Gasteiger partial charge in [-0.3, -0.25) is 10.1 Å². The number of aliphatic imine (C=N–C) groups is 1. The maximum absolute atomic E-state index is 13.5. The third kappa shape index (κ3) is 5.96. The molecule has 4 N–H and O–H groups in total. The number of nitrogens with zero attached hydrogens (tertiary/aromatic N) is 1. The molecule has 2 aromatic carbocycles. The maximum atomic E-state index is 13.5. The van der Waals surface area contributed by atoms with E-state index < -0.39 is 17.8 Å². The van der Waals surface area contributed by atoms with Gasteiger partial charge in [-0.05, 0) is 55.8 Å². The monoisotopic (exact) mass is 421 g/mol. The minimum absolute atomic E-state index is 0.0294. The maximum Gasteiger partial charge on any atom is 0.257 e. The van der Waals surface area contributed by atoms with Crippen molar-refractivity contribution in [3.8, 4) is 0 Å². The molecule has 0 radical (unpaired) electrons. The molecule has 1 saturated heterocycles. The van der Waals surface area contributed by atoms with Crippen LogP contribution in [0.25, 0.3) is 0 Å². The van der Waals surface area contributed by atoms with E-state index in [2.05, 4.69) is 26.5 Å². The minimum atomic E-state index is -0.633. The Hall–Kier alpha value is -2.55. The molecule has 0 spiro atoms. The molecule has 1 fully saturated rings. The Morgan fingerprint density at radius 2 is 1.79 bits per heavy atom. The normalized spacial score (nSPS) is 19.4. The smallest absolute Gasteiger partial charge is 0.257 e. The molecule has 0 aliphatic carbocycles. The molecule has 1 aliphatic heterocycles. The van der Waals surface area contributed by atoms with Crippen molar-refractivity contribution in [3.05, 3.63) is 70.2 Å². The number of hydrazine groups is 1. The van der Waals surface area contributed by atoms with Gasteiger partial charge in [0.25, 0.3) is 5.91 Å². The van der Waals surface area contributed by atoms with Crippen molar-refractivity contribution in [2.45, 2.75) is 38.5 Å². The Kier molecular flexibility index (Phi) is 6.79. The highest BCUT2D eigenvalue weighted by molar-refractivity contribution is 6.30. The molecular weight excluding hydrogens is 400 g/mol. The van der Waals surface area contributed by atoms with Crippen molar-refractivity contribution in [2.75, 3.05) is 0 Å². The lowest BCUT2D eigenvalue weighted by atomic mass is 10.0. The van der Waals surface area contributed by atoms with Gasteiger partial charge < -0.3 is 5.32 Å². The summed E-state index contributed by atoms with van der Waals surface area (Å²) in [6.45, 7) is 3.84. The van der Waals surface area contributed by atoms with E-state index in [4.69, 9.17) is 11.6 Å². The van der Waals surface area contributed by atoms with Gasteiger partial charge in [0.2, 0.25) is 0 Å². The number of hydrogen-bond acceptors (Lipinski definition) is 4. The standard InChI is InChI=1S/C20H22ClF2N5O/c1-11(2)24-20(26-19(29)12-3-5-14(21)6-4-12)25-18-10-17(27-28-18)13-7-15(22)9-16(23)8-13/h3-9,11,17-18,27-28H,10H2,1-2H3,(H2,24,25,26,29). The summed E-state index contributed by atoms with van der Waals surface area (Å²) in [5.74, 6) is -1.30. The SMILES string of the molecule is CC(C)NC(=NC1CC(c2cc(F)cc(F)c2)NN1)NC(=O)c1ccc(Cl)cc1. The first-order valence-corrected chi connectivity index (χ1v) is 9.56. The fourth-order valence-corrected chi connectivity index (χ4v) is 3.06. The number of hydrogen-bond donors (Lipinski definition) is 4. The van der Waals surface area contributed by atoms with E-state index in [1.807, 2.05) is 13.8 Å². The van der Waals surface area contributed by atoms with Gasteiger partial charge in [-0.1, -0.05) is 11.6 Å². The van der Waals surface area contributed by atoms with Gasteiger partial charge in [-0.25, -0.2) is 24.6 Å². The lowest BCUT2D eigenvalue weighted by Crippen LogP contribution is -2.45. The van der Waals surface area contributed by atoms with E-state index in [9.17, 15) is 13.6 Å². The van der Waals surface area contributed by atoms with Crippen LogP contribution in [-0.2, 0) is 0 Å². The van der Waals surface area contributed by atoms with Gasteiger partial charge >= 0.3 is 0 Å². The van der Waals surface area contributed by atoms with Crippen LogP contribution in [0.5, 0.6) is 0 Å². The van der Waals surface area contributed by atoms with E-state index in [1.165, 1.54) is 12.1 Å². The Labute approximate surface area is 172 Å². The molecule has 2 aromatic rings. The highest BCUT2D eigenvalue weighted by atomic mass is 35.5. The fourth-order valence-electron chi connectivity index (χ4n) is 2.93. The second kappa shape index (κ2) is 9.30. The third-order valence-electron chi connectivity index (χ3n) is 4.22. The first-order valence-electron chi connectivity index (χ1n) is 9.18. The fraction of sp³-hybridized carbons (Fsp3) is 0.300. The highest BCUT2D eigenvalue weighted by Gasteiger charge is 2.26. The molecule has 154 valence electrons. The molecule has 9 heteroatoms. The topological polar surface area (TPSA) is 77.6 Å². The molecule has 0 saturated carbocycles. The number of guanidine groups is 1. The zero-order chi connectivity index (χ0) is 21.0. The number of benzene rings is 2. The molecule has 1 heterocycles. The highest BCUT2D eigenvalue weighted by Crippen LogP contribution is 2.24. The Morgan fingerprint density at radius 3 is 2.41 bits per heavy atom. The predicted molar refractivity (Wildman–Crippen MR) is 108 cm³/mol. The number of carbonyl (C=O) groups excluding carboxylic acids is 1. The summed E-state index contributed by atoms with van der Waals surface area (Å²) in [5, 5.41) is 6.39. The van der Waals surface area contributed by atoms with Crippen molar-refractivity contribution < 1.29 is 13.6 Å². The zero-order valence-electron chi connectivity index (χ0n) is 16.0. The molecule has 1 amide bonds. The molecule has 0 aromatic heterocycles. The van der Waals surface area contributed by atoms with Crippen LogP contribution in [0, 0.1) is 11.6 Å². The Balaban J connectivity index is 1.71. The van der Waals surface area contributed by atoms with Crippen LogP contribution in [-0.4, -0.2) is 24.1 Å². The van der Waals surface area contributed by atoms with Gasteiger partial charge in [-0.2, -0.15) is 0 Å². The minimum Gasteiger partial charge on any atom is -0.354 e. The molecule has 2 unspecified atom stereocenters. The third-order valence-corrected chi connectivity index (χ3v) is 4.47. The average molecular weight is 422 g/mol. The largest absolute Gasteiger partial charge is 0.354 e. The van der Waals surface area contributed by atoms with E-state index in [0.29, 0.717) is 28.5 Å². The van der Waals surface area contributed by atoms with E-state index in [1.54, 1.807) is 24.3 Å². The van der Waals surface area contributed by atoms with Crippen LogP contribution < -0.4 is 21.5 Å². The molecule has 0 bridgehead atoms. The van der Waals surface area contributed by atoms with Crippen LogP contribution in [0.2, 0.25) is 5.02 Å². The van der Waals surface area contributed by atoms with E-state index in [-0.39, 0.29) is 18.0 Å². The van der Waals surface area contributed by atoms with Crippen molar-refractivity contribution in [1.29, 1.82) is 0 Å². The molecule has 1 aliphatic rings. The van der Waals surface area contributed by atoms with Crippen LogP contribution in [0.1, 0.15) is 42.2 Å². The van der Waals surface area contributed by atoms with Gasteiger partial charge in [0, 0.05) is 35.2 Å². The Morgan fingerprint density at radius 1 is 1.14 bits per heavy atom. The van der Waals surface area contributed by atoms with Crippen LogP contribution in [0.3, 0.4) is 0 Å². The summed E-state index contributed by atoms with van der Waals surface area (Å²) in [4.78, 5) is 17.0. The lowest BCUT2D eigenvalue weighted by Gasteiger charge is -2.16. The number of nitrogens with one attached hydrogen (secondary N) is 4. The molecular formula is C20H22ClF2N5O. The molecule has 29 heavy (non-hydrogen) atoms. The number of halogens is 3. The first kappa shape index (κ1) is 21.2. The van der Waals surface area contributed by atoms with E-state index >= 15 is 0 Å². The summed E-state index contributed by atoms with van der Waals surface area (Å²) in [6.07, 6.45) is 0.0429. The van der Waals surface area contributed by atoms with Crippen LogP contribution in [0.15, 0.2) is 47.5 Å². The lowest BCUT2D eigenvalue weighted by molar-refractivity contribution is 0.0975. The zero-order valence-corrected chi connectivity index (χ0v) is 16.7. The van der Waals surface area contributed by atoms with Crippen molar-refractivity contribution >= 4 is 23.5 Å². The summed E-state index contributed by atoms with van der Waals surface area (Å²) in [5.41, 5.74) is 6.88. The average Bonchev–Trinajstić information content (AvgIpc) is 3.09. The van der Waals surface area contributed by atoms with Crippen molar-refractivity contribution in [1.82, 2.24) is 21.5 Å². The van der Waals surface area contributed by atoms with Gasteiger partial charge in [-0.15, -0.1) is 0 Å². The summed E-state index contributed by atoms with van der Waals surface area (Å²) in [7, 11) is 0. The second-order valence-electron chi connectivity index (χ2n) is 7.03. The van der Waals surface area contributed by atoms with Gasteiger partial charge in [0.1, 0.15) is 17.8 Å². The Bertz CT molecular complexity index is 884. The second-order valence-corrected chi connectivity index (χ2v) is 7.47. The van der Waals surface area contributed by atoms with Crippen LogP contribution in [0.4, 0.5) is 8.78 Å². The number of carbonyl (C=O) groups is 1. The number of rotatable bonds is 4. The molecule has 2 atom stereocenters. The summed E-state index contributed by atoms with van der Waals surface area (Å²) in [6, 6.07) is 9.61. The van der Waals surface area contributed by atoms with Gasteiger partial charge in [0.15, 0.2) is 5.96 Å². The van der Waals surface area contributed by atoms with Gasteiger partial charge in [0.05, 0.1) is 0 Å². The number of amides is 1. The molecule has 6 nitrogen and oxygen atoms in total. The predicted octanol–water partition coefficient (Wildman–Crippen LogP) is 3.27. The first-order chi connectivity index (χ1) is 13.8. The van der Waals surface area contributed by atoms with Crippen molar-refractivity contribution in [3.63, 3.8) is 0 Å². The summed E-state index contributed by atoms with van der Waals surface area (Å²) < 4.78 is 27.0. The summed E-state index contributed by atoms with van der Waals surface area (Å²) >= 11 is 5.86.